The predicted octanol–water partition coefficient (Wildman–Crippen LogP) is 2.05. The normalized spacial score (nSPS) is 22.8. The highest BCUT2D eigenvalue weighted by Gasteiger charge is 2.44. The Labute approximate surface area is 115 Å². The van der Waals surface area contributed by atoms with Crippen molar-refractivity contribution in [2.45, 2.75) is 12.0 Å². The molecule has 1 saturated heterocycles. The molecule has 0 aliphatic carbocycles. The number of rotatable bonds is 1. The highest BCUT2D eigenvalue weighted by atomic mass is 79.9. The van der Waals surface area contributed by atoms with E-state index in [1.54, 1.807) is 11.9 Å². The van der Waals surface area contributed by atoms with Crippen LogP contribution in [-0.2, 0) is 9.53 Å². The molecule has 0 radical (unpaired) electrons. The molecule has 1 heterocycles. The van der Waals surface area contributed by atoms with Gasteiger partial charge < -0.3 is 9.64 Å². The molecule has 1 unspecified atom stereocenters. The number of amides is 1. The largest absolute Gasteiger partial charge is 0.357 e. The third-order valence-corrected chi connectivity index (χ3v) is 3.57. The van der Waals surface area contributed by atoms with E-state index in [2.05, 4.69) is 27.8 Å². The Kier molecular flexibility index (Phi) is 3.74. The first-order chi connectivity index (χ1) is 8.57. The standard InChI is InChI=1S/C14H14BrNO2/c1-16-9-8-14(18-2,13(16)17)7-6-11-4-3-5-12(15)10-11/h3-5,10H,8-9H2,1-2H3. The molecule has 2 rings (SSSR count). The van der Waals surface area contributed by atoms with Gasteiger partial charge in [0.05, 0.1) is 0 Å². The van der Waals surface area contributed by atoms with Crippen molar-refractivity contribution in [3.05, 3.63) is 34.3 Å². The summed E-state index contributed by atoms with van der Waals surface area (Å²) >= 11 is 3.39. The minimum atomic E-state index is -0.975. The number of hydrogen-bond donors (Lipinski definition) is 0. The van der Waals surface area contributed by atoms with E-state index in [-0.39, 0.29) is 5.91 Å². The first kappa shape index (κ1) is 13.1. The number of benzene rings is 1. The van der Waals surface area contributed by atoms with Gasteiger partial charge in [0.1, 0.15) is 0 Å². The summed E-state index contributed by atoms with van der Waals surface area (Å²) in [5.74, 6) is 5.94. The van der Waals surface area contributed by atoms with Crippen molar-refractivity contribution in [3.8, 4) is 11.8 Å². The van der Waals surface area contributed by atoms with Gasteiger partial charge in [-0.25, -0.2) is 0 Å². The fourth-order valence-electron chi connectivity index (χ4n) is 1.94. The molecular weight excluding hydrogens is 294 g/mol. The van der Waals surface area contributed by atoms with E-state index in [0.717, 1.165) is 10.0 Å². The lowest BCUT2D eigenvalue weighted by atomic mass is 10.0. The number of nitrogens with zero attached hydrogens (tertiary/aromatic N) is 1. The van der Waals surface area contributed by atoms with E-state index < -0.39 is 5.60 Å². The number of carbonyl (C=O) groups excluding carboxylic acids is 1. The second kappa shape index (κ2) is 5.13. The van der Waals surface area contributed by atoms with Crippen LogP contribution in [0.3, 0.4) is 0 Å². The van der Waals surface area contributed by atoms with Crippen molar-refractivity contribution in [1.82, 2.24) is 4.90 Å². The molecule has 0 N–H and O–H groups in total. The summed E-state index contributed by atoms with van der Waals surface area (Å²) < 4.78 is 6.33. The highest BCUT2D eigenvalue weighted by Crippen LogP contribution is 2.24. The summed E-state index contributed by atoms with van der Waals surface area (Å²) in [6.45, 7) is 0.680. The zero-order chi connectivity index (χ0) is 13.2. The minimum Gasteiger partial charge on any atom is -0.357 e. The Bertz CT molecular complexity index is 532. The summed E-state index contributed by atoms with van der Waals surface area (Å²) in [5, 5.41) is 0. The number of ether oxygens (including phenoxy) is 1. The van der Waals surface area contributed by atoms with Crippen LogP contribution in [0.4, 0.5) is 0 Å². The molecule has 0 spiro atoms. The van der Waals surface area contributed by atoms with Crippen molar-refractivity contribution in [3.63, 3.8) is 0 Å². The van der Waals surface area contributed by atoms with Gasteiger partial charge in [0.2, 0.25) is 5.60 Å². The van der Waals surface area contributed by atoms with Gasteiger partial charge in [0.25, 0.3) is 5.91 Å². The second-order valence-corrected chi connectivity index (χ2v) is 5.18. The number of methoxy groups -OCH3 is 1. The molecule has 94 valence electrons. The lowest BCUT2D eigenvalue weighted by molar-refractivity contribution is -0.139. The summed E-state index contributed by atoms with van der Waals surface area (Å²) in [6.07, 6.45) is 0.611. The van der Waals surface area contributed by atoms with Gasteiger partial charge in [0.15, 0.2) is 0 Å². The highest BCUT2D eigenvalue weighted by molar-refractivity contribution is 9.10. The molecule has 1 aliphatic heterocycles. The maximum atomic E-state index is 12.0. The molecule has 1 atom stereocenters. The van der Waals surface area contributed by atoms with Crippen molar-refractivity contribution >= 4 is 21.8 Å². The van der Waals surface area contributed by atoms with Gasteiger partial charge in [-0.05, 0) is 18.2 Å². The molecule has 0 saturated carbocycles. The first-order valence-corrected chi connectivity index (χ1v) is 6.46. The summed E-state index contributed by atoms with van der Waals surface area (Å²) in [5.41, 5.74) is -0.111. The quantitative estimate of drug-likeness (QED) is 0.743. The molecule has 4 heteroatoms. The molecule has 1 aliphatic rings. The predicted molar refractivity (Wildman–Crippen MR) is 73.0 cm³/mol. The first-order valence-electron chi connectivity index (χ1n) is 5.67. The van der Waals surface area contributed by atoms with E-state index in [4.69, 9.17) is 4.74 Å². The van der Waals surface area contributed by atoms with Crippen molar-refractivity contribution in [2.75, 3.05) is 20.7 Å². The Hall–Kier alpha value is -1.31. The molecule has 1 amide bonds. The monoisotopic (exact) mass is 307 g/mol. The zero-order valence-electron chi connectivity index (χ0n) is 10.4. The van der Waals surface area contributed by atoms with Crippen LogP contribution in [-0.4, -0.2) is 37.1 Å². The van der Waals surface area contributed by atoms with E-state index in [1.807, 2.05) is 24.3 Å². The SMILES string of the molecule is COC1(C#Cc2cccc(Br)c2)CCN(C)C1=O. The van der Waals surface area contributed by atoms with E-state index in [1.165, 1.54) is 7.11 Å². The molecule has 18 heavy (non-hydrogen) atoms. The fourth-order valence-corrected chi connectivity index (χ4v) is 2.34. The molecular formula is C14H14BrNO2. The maximum Gasteiger partial charge on any atom is 0.267 e. The Balaban J connectivity index is 2.30. The lowest BCUT2D eigenvalue weighted by Crippen LogP contribution is -2.39. The third kappa shape index (κ3) is 2.43. The van der Waals surface area contributed by atoms with Crippen molar-refractivity contribution in [2.24, 2.45) is 0 Å². The minimum absolute atomic E-state index is 0.0625. The van der Waals surface area contributed by atoms with Crippen LogP contribution in [0.2, 0.25) is 0 Å². The average Bonchev–Trinajstić information content (AvgIpc) is 2.65. The number of carbonyl (C=O) groups is 1. The van der Waals surface area contributed by atoms with Crippen LogP contribution in [0, 0.1) is 11.8 Å². The van der Waals surface area contributed by atoms with E-state index in [0.29, 0.717) is 13.0 Å². The van der Waals surface area contributed by atoms with Crippen LogP contribution < -0.4 is 0 Å². The van der Waals surface area contributed by atoms with Crippen molar-refractivity contribution in [1.29, 1.82) is 0 Å². The average molecular weight is 308 g/mol. The zero-order valence-corrected chi connectivity index (χ0v) is 12.0. The fraction of sp³-hybridized carbons (Fsp3) is 0.357. The van der Waals surface area contributed by atoms with Gasteiger partial charge in [-0.15, -0.1) is 0 Å². The van der Waals surface area contributed by atoms with Gasteiger partial charge in [-0.1, -0.05) is 33.8 Å². The van der Waals surface area contributed by atoms with Crippen molar-refractivity contribution < 1.29 is 9.53 Å². The van der Waals surface area contributed by atoms with E-state index >= 15 is 0 Å². The second-order valence-electron chi connectivity index (χ2n) is 4.27. The molecule has 0 bridgehead atoms. The summed E-state index contributed by atoms with van der Waals surface area (Å²) in [4.78, 5) is 13.7. The number of hydrogen-bond acceptors (Lipinski definition) is 2. The Morgan fingerprint density at radius 3 is 2.83 bits per heavy atom. The van der Waals surface area contributed by atoms with Crippen LogP contribution >= 0.6 is 15.9 Å². The summed E-state index contributed by atoms with van der Waals surface area (Å²) in [6, 6.07) is 7.67. The lowest BCUT2D eigenvalue weighted by Gasteiger charge is -2.18. The van der Waals surface area contributed by atoms with Crippen LogP contribution in [0.25, 0.3) is 0 Å². The third-order valence-electron chi connectivity index (χ3n) is 3.07. The number of likely N-dealkylation sites (tertiary alicyclic amines) is 1. The topological polar surface area (TPSA) is 29.5 Å². The molecule has 0 aromatic heterocycles. The number of halogens is 1. The molecule has 1 aromatic carbocycles. The van der Waals surface area contributed by atoms with Crippen LogP contribution in [0.15, 0.2) is 28.7 Å². The number of likely N-dealkylation sites (N-methyl/N-ethyl adjacent to an activating group) is 1. The van der Waals surface area contributed by atoms with E-state index in [9.17, 15) is 4.79 Å². The van der Waals surface area contributed by atoms with Gasteiger partial charge >= 0.3 is 0 Å². The molecule has 1 fully saturated rings. The van der Waals surface area contributed by atoms with Crippen LogP contribution in [0.5, 0.6) is 0 Å². The Morgan fingerprint density at radius 2 is 2.28 bits per heavy atom. The summed E-state index contributed by atoms with van der Waals surface area (Å²) in [7, 11) is 3.30. The van der Waals surface area contributed by atoms with Gasteiger partial charge in [0, 0.05) is 37.2 Å². The van der Waals surface area contributed by atoms with Crippen LogP contribution in [0.1, 0.15) is 12.0 Å². The van der Waals surface area contributed by atoms with Gasteiger partial charge in [-0.2, -0.15) is 0 Å². The molecule has 3 nitrogen and oxygen atoms in total. The maximum absolute atomic E-state index is 12.0. The molecule has 1 aromatic rings. The van der Waals surface area contributed by atoms with Gasteiger partial charge in [-0.3, -0.25) is 4.79 Å². The Morgan fingerprint density at radius 1 is 1.50 bits per heavy atom. The smallest absolute Gasteiger partial charge is 0.267 e.